The van der Waals surface area contributed by atoms with Crippen LogP contribution in [0.4, 0.5) is 37.7 Å². The van der Waals surface area contributed by atoms with Gasteiger partial charge in [0.15, 0.2) is 0 Å². The highest BCUT2D eigenvalue weighted by Gasteiger charge is 2.72. The molecular weight excluding hydrogens is 578 g/mol. The van der Waals surface area contributed by atoms with Crippen LogP contribution in [0.15, 0.2) is 84.9 Å². The Bertz CT molecular complexity index is 1570. The van der Waals surface area contributed by atoms with Crippen LogP contribution in [-0.2, 0) is 5.41 Å². The molecule has 2 amide bonds. The van der Waals surface area contributed by atoms with Crippen LogP contribution in [0.2, 0.25) is 0 Å². The summed E-state index contributed by atoms with van der Waals surface area (Å²) in [5, 5.41) is 24.6. The maximum absolute atomic E-state index is 14.8. The summed E-state index contributed by atoms with van der Waals surface area (Å²) in [7, 11) is 0. The number of hydrogen-bond donors (Lipinski definition) is 4. The van der Waals surface area contributed by atoms with Crippen LogP contribution in [0, 0.1) is 13.8 Å². The molecule has 43 heavy (non-hydrogen) atoms. The SMILES string of the molecule is Cc1ccc(O)c(NC(=O)c2cccc(C(c3cccc(C(=O)Nc4cc(C)ccc4O)c3)(C(F)(F)F)C(F)(F)F)c2)c1. The third kappa shape index (κ3) is 5.99. The molecule has 0 radical (unpaired) electrons. The number of nitrogens with one attached hydrogen (secondary N) is 2. The number of benzene rings is 4. The molecule has 0 spiro atoms. The molecule has 6 nitrogen and oxygen atoms in total. The predicted molar refractivity (Wildman–Crippen MR) is 147 cm³/mol. The number of aromatic hydroxyl groups is 2. The van der Waals surface area contributed by atoms with E-state index in [4.69, 9.17) is 0 Å². The van der Waals surface area contributed by atoms with Gasteiger partial charge in [-0.2, -0.15) is 26.3 Å². The first-order valence-electron chi connectivity index (χ1n) is 12.6. The van der Waals surface area contributed by atoms with Crippen LogP contribution in [0.3, 0.4) is 0 Å². The lowest BCUT2D eigenvalue weighted by molar-refractivity contribution is -0.288. The Morgan fingerprint density at radius 3 is 1.30 bits per heavy atom. The molecule has 0 heterocycles. The van der Waals surface area contributed by atoms with Crippen molar-refractivity contribution in [1.82, 2.24) is 0 Å². The number of rotatable bonds is 6. The molecule has 0 saturated carbocycles. The quantitative estimate of drug-likeness (QED) is 0.135. The summed E-state index contributed by atoms with van der Waals surface area (Å²) in [6.45, 7) is 3.30. The first kappa shape index (κ1) is 30.9. The van der Waals surface area contributed by atoms with E-state index in [9.17, 15) is 46.1 Å². The van der Waals surface area contributed by atoms with E-state index in [0.717, 1.165) is 24.3 Å². The number of carbonyl (C=O) groups is 2. The lowest BCUT2D eigenvalue weighted by Gasteiger charge is -2.38. The Balaban J connectivity index is 1.82. The van der Waals surface area contributed by atoms with Crippen LogP contribution in [0.1, 0.15) is 43.0 Å². The summed E-state index contributed by atoms with van der Waals surface area (Å²) in [5.41, 5.74) is -7.31. The zero-order chi connectivity index (χ0) is 31.7. The summed E-state index contributed by atoms with van der Waals surface area (Å²) in [5.74, 6) is -2.84. The number of amides is 2. The van der Waals surface area contributed by atoms with Gasteiger partial charge in [-0.05, 0) is 84.6 Å². The standard InChI is InChI=1S/C31H24F6N2O4/c1-17-9-11-25(40)23(13-17)38-27(42)19-5-3-7-21(15-19)29(30(32,33)34,31(35,36)37)22-8-4-6-20(16-22)28(43)39-24-14-18(2)10-12-26(24)41/h3-16,40-41H,1-2H3,(H,38,42)(H,39,43). The molecule has 4 aromatic rings. The topological polar surface area (TPSA) is 98.7 Å². The number of aryl methyl sites for hydroxylation is 2. The summed E-state index contributed by atoms with van der Waals surface area (Å²) >= 11 is 0. The Labute approximate surface area is 241 Å². The molecule has 4 aromatic carbocycles. The van der Waals surface area contributed by atoms with Crippen molar-refractivity contribution in [3.63, 3.8) is 0 Å². The van der Waals surface area contributed by atoms with E-state index >= 15 is 0 Å². The maximum atomic E-state index is 14.8. The minimum absolute atomic E-state index is 0.0910. The van der Waals surface area contributed by atoms with Gasteiger partial charge in [0.1, 0.15) is 11.5 Å². The first-order chi connectivity index (χ1) is 20.0. The van der Waals surface area contributed by atoms with E-state index in [1.807, 2.05) is 0 Å². The third-order valence-corrected chi connectivity index (χ3v) is 6.77. The largest absolute Gasteiger partial charge is 0.506 e. The third-order valence-electron chi connectivity index (χ3n) is 6.77. The van der Waals surface area contributed by atoms with Crippen LogP contribution >= 0.6 is 0 Å². The number of alkyl halides is 6. The first-order valence-corrected chi connectivity index (χ1v) is 12.6. The molecule has 0 atom stereocenters. The Hall–Kier alpha value is -5.00. The molecule has 0 aliphatic carbocycles. The molecule has 224 valence electrons. The van der Waals surface area contributed by atoms with Crippen molar-refractivity contribution in [2.75, 3.05) is 10.6 Å². The smallest absolute Gasteiger partial charge is 0.411 e. The lowest BCUT2D eigenvalue weighted by atomic mass is 9.72. The highest BCUT2D eigenvalue weighted by atomic mass is 19.4. The van der Waals surface area contributed by atoms with Crippen molar-refractivity contribution in [2.45, 2.75) is 31.6 Å². The van der Waals surface area contributed by atoms with Crippen molar-refractivity contribution in [3.8, 4) is 11.5 Å². The normalized spacial score (nSPS) is 12.1. The van der Waals surface area contributed by atoms with Gasteiger partial charge in [-0.15, -0.1) is 0 Å². The van der Waals surface area contributed by atoms with Crippen molar-refractivity contribution < 1.29 is 46.1 Å². The van der Waals surface area contributed by atoms with Crippen LogP contribution in [0.5, 0.6) is 11.5 Å². The lowest BCUT2D eigenvalue weighted by Crippen LogP contribution is -2.55. The fourth-order valence-corrected chi connectivity index (χ4v) is 4.66. The van der Waals surface area contributed by atoms with Crippen molar-refractivity contribution in [1.29, 1.82) is 0 Å². The number of phenolic OH excluding ortho intramolecular Hbond substituents is 2. The molecule has 0 fully saturated rings. The number of carbonyl (C=O) groups excluding carboxylic acids is 2. The van der Waals surface area contributed by atoms with Gasteiger partial charge in [0.05, 0.1) is 11.4 Å². The van der Waals surface area contributed by atoms with Gasteiger partial charge in [-0.1, -0.05) is 36.4 Å². The maximum Gasteiger partial charge on any atom is 0.411 e. The molecule has 12 heteroatoms. The van der Waals surface area contributed by atoms with E-state index in [0.29, 0.717) is 35.4 Å². The van der Waals surface area contributed by atoms with Crippen molar-refractivity contribution in [3.05, 3.63) is 118 Å². The van der Waals surface area contributed by atoms with Gasteiger partial charge < -0.3 is 20.8 Å². The van der Waals surface area contributed by atoms with Gasteiger partial charge in [0.25, 0.3) is 11.8 Å². The molecule has 0 bridgehead atoms. The Kier molecular flexibility index (Phi) is 8.17. The van der Waals surface area contributed by atoms with Gasteiger partial charge in [0.2, 0.25) is 5.41 Å². The number of anilines is 2. The van der Waals surface area contributed by atoms with E-state index in [1.165, 1.54) is 36.4 Å². The second-order valence-electron chi connectivity index (χ2n) is 9.86. The summed E-state index contributed by atoms with van der Waals surface area (Å²) in [6, 6.07) is 14.3. The number of phenols is 2. The molecular formula is C31H24F6N2O4. The predicted octanol–water partition coefficient (Wildman–Crippen LogP) is 7.63. The second kappa shape index (κ2) is 11.3. The van der Waals surface area contributed by atoms with Crippen molar-refractivity contribution >= 4 is 23.2 Å². The zero-order valence-corrected chi connectivity index (χ0v) is 22.6. The zero-order valence-electron chi connectivity index (χ0n) is 22.6. The van der Waals surface area contributed by atoms with Gasteiger partial charge in [0, 0.05) is 11.1 Å². The molecule has 0 aromatic heterocycles. The molecule has 0 aliphatic rings. The minimum atomic E-state index is -5.99. The highest BCUT2D eigenvalue weighted by Crippen LogP contribution is 2.56. The summed E-state index contributed by atoms with van der Waals surface area (Å²) < 4.78 is 88.9. The van der Waals surface area contributed by atoms with Crippen molar-refractivity contribution in [2.24, 2.45) is 0 Å². The second-order valence-corrected chi connectivity index (χ2v) is 9.86. The highest BCUT2D eigenvalue weighted by molar-refractivity contribution is 6.06. The molecule has 4 N–H and O–H groups in total. The van der Waals surface area contributed by atoms with E-state index in [-0.39, 0.29) is 22.9 Å². The van der Waals surface area contributed by atoms with E-state index < -0.39 is 51.8 Å². The Morgan fingerprint density at radius 1 is 0.581 bits per heavy atom. The molecule has 0 saturated heterocycles. The number of halogens is 6. The van der Waals surface area contributed by atoms with Crippen LogP contribution in [-0.4, -0.2) is 34.4 Å². The monoisotopic (exact) mass is 602 g/mol. The van der Waals surface area contributed by atoms with Gasteiger partial charge in [-0.3, -0.25) is 9.59 Å². The summed E-state index contributed by atoms with van der Waals surface area (Å²) in [6.07, 6.45) is -12.0. The molecule has 4 rings (SSSR count). The average molecular weight is 603 g/mol. The molecule has 0 aliphatic heterocycles. The van der Waals surface area contributed by atoms with Gasteiger partial charge >= 0.3 is 12.4 Å². The minimum Gasteiger partial charge on any atom is -0.506 e. The Morgan fingerprint density at radius 2 is 0.953 bits per heavy atom. The summed E-state index contributed by atoms with van der Waals surface area (Å²) in [4.78, 5) is 25.8. The van der Waals surface area contributed by atoms with E-state index in [2.05, 4.69) is 10.6 Å². The molecule has 0 unspecified atom stereocenters. The fraction of sp³-hybridized carbons (Fsp3) is 0.161. The van der Waals surface area contributed by atoms with Crippen LogP contribution in [0.25, 0.3) is 0 Å². The van der Waals surface area contributed by atoms with Gasteiger partial charge in [-0.25, -0.2) is 0 Å². The number of hydrogen-bond acceptors (Lipinski definition) is 4. The fourth-order valence-electron chi connectivity index (χ4n) is 4.66. The van der Waals surface area contributed by atoms with Crippen LogP contribution < -0.4 is 10.6 Å². The van der Waals surface area contributed by atoms with E-state index in [1.54, 1.807) is 13.8 Å². The average Bonchev–Trinajstić information content (AvgIpc) is 2.92.